The summed E-state index contributed by atoms with van der Waals surface area (Å²) in [5.74, 6) is 0. The van der Waals surface area contributed by atoms with E-state index in [0.29, 0.717) is 0 Å². The molecule has 2 aliphatic heterocycles. The molecule has 15 aromatic rings. The van der Waals surface area contributed by atoms with Crippen LogP contribution < -0.4 is 9.80 Å². The van der Waals surface area contributed by atoms with E-state index in [1.807, 2.05) is 0 Å². The number of nitrogens with zero attached hydrogens (tertiary/aromatic N) is 3. The first-order valence-electron chi connectivity index (χ1n) is 29.1. The lowest BCUT2D eigenvalue weighted by Gasteiger charge is -2.42. The van der Waals surface area contributed by atoms with Gasteiger partial charge in [-0.2, -0.15) is 0 Å². The quantitative estimate of drug-likeness (QED) is 0.150. The molecule has 1 aromatic heterocycles. The van der Waals surface area contributed by atoms with Crippen LogP contribution in [0, 0.1) is 0 Å². The van der Waals surface area contributed by atoms with Crippen molar-refractivity contribution in [1.82, 2.24) is 4.57 Å². The fourth-order valence-electron chi connectivity index (χ4n) is 14.5. The first kappa shape index (κ1) is 47.6. The topological polar surface area (TPSA) is 11.4 Å². The number of hydrogen-bond acceptors (Lipinski definition) is 2. The van der Waals surface area contributed by atoms with Gasteiger partial charge in [-0.1, -0.05) is 210 Å². The molecule has 3 heteroatoms. The molecule has 3 nitrogen and oxygen atoms in total. The van der Waals surface area contributed by atoms with Crippen LogP contribution in [0.3, 0.4) is 0 Å². The van der Waals surface area contributed by atoms with Crippen LogP contribution in [0.2, 0.25) is 0 Å². The standard InChI is InChI=1S/C80H57N3/c1-79(2)71-26-15-27-72-78(71)83-76-69(46-59(48-73(76)79)54-28-34-61(35-29-54)81(62-36-30-50-16-5-9-20-55(50)42-62)63-37-31-51-17-6-10-21-56(51)43-63)70-47-60(49-74(77(70)83)80(72,3)4)66-40-41-75(68-25-14-13-24-67(66)68)82(64-38-32-52-18-7-11-22-57(52)44-64)65-39-33-53-19-8-12-23-58(53)45-65/h5-49H,1-4H3. The van der Waals surface area contributed by atoms with Gasteiger partial charge in [0.2, 0.25) is 0 Å². The Morgan fingerprint density at radius 3 is 1.14 bits per heavy atom. The highest BCUT2D eigenvalue weighted by Crippen LogP contribution is 2.57. The van der Waals surface area contributed by atoms with Crippen molar-refractivity contribution in [3.05, 3.63) is 295 Å². The van der Waals surface area contributed by atoms with Gasteiger partial charge in [-0.15, -0.1) is 0 Å². The van der Waals surface area contributed by atoms with Gasteiger partial charge in [0.15, 0.2) is 0 Å². The van der Waals surface area contributed by atoms with Gasteiger partial charge in [0.1, 0.15) is 0 Å². The normalized spacial score (nSPS) is 13.7. The summed E-state index contributed by atoms with van der Waals surface area (Å²) in [6, 6.07) is 102. The summed E-state index contributed by atoms with van der Waals surface area (Å²) in [7, 11) is 0. The van der Waals surface area contributed by atoms with Crippen LogP contribution in [0.5, 0.6) is 0 Å². The van der Waals surface area contributed by atoms with Crippen molar-refractivity contribution in [3.63, 3.8) is 0 Å². The van der Waals surface area contributed by atoms with E-state index >= 15 is 0 Å². The highest BCUT2D eigenvalue weighted by atomic mass is 15.1. The molecule has 0 saturated carbocycles. The van der Waals surface area contributed by atoms with Gasteiger partial charge in [-0.25, -0.2) is 0 Å². The Morgan fingerprint density at radius 2 is 0.663 bits per heavy atom. The molecule has 17 rings (SSSR count). The van der Waals surface area contributed by atoms with Gasteiger partial charge in [0.05, 0.1) is 22.4 Å². The Balaban J connectivity index is 0.858. The first-order chi connectivity index (χ1) is 40.6. The van der Waals surface area contributed by atoms with E-state index in [-0.39, 0.29) is 10.8 Å². The van der Waals surface area contributed by atoms with E-state index in [9.17, 15) is 0 Å². The zero-order valence-electron chi connectivity index (χ0n) is 46.8. The Morgan fingerprint density at radius 1 is 0.265 bits per heavy atom. The largest absolute Gasteiger partial charge is 0.310 e. The second kappa shape index (κ2) is 17.6. The molecule has 14 aromatic carbocycles. The molecule has 2 aliphatic rings. The molecule has 3 heterocycles. The van der Waals surface area contributed by atoms with Crippen molar-refractivity contribution >= 4 is 110 Å². The minimum Gasteiger partial charge on any atom is -0.310 e. The van der Waals surface area contributed by atoms with Crippen molar-refractivity contribution in [2.24, 2.45) is 0 Å². The van der Waals surface area contributed by atoms with Crippen molar-refractivity contribution < 1.29 is 0 Å². The van der Waals surface area contributed by atoms with Crippen LogP contribution in [0.15, 0.2) is 273 Å². The Kier molecular flexibility index (Phi) is 10.1. The highest BCUT2D eigenvalue weighted by molar-refractivity contribution is 6.17. The molecule has 0 unspecified atom stereocenters. The summed E-state index contributed by atoms with van der Waals surface area (Å²) in [5, 5.41) is 14.8. The third-order valence-electron chi connectivity index (χ3n) is 18.8. The third-order valence-corrected chi connectivity index (χ3v) is 18.8. The predicted octanol–water partition coefficient (Wildman–Crippen LogP) is 22.1. The molecule has 83 heavy (non-hydrogen) atoms. The average Bonchev–Trinajstić information content (AvgIpc) is 1.67. The van der Waals surface area contributed by atoms with Crippen LogP contribution >= 0.6 is 0 Å². The van der Waals surface area contributed by atoms with Gasteiger partial charge in [-0.3, -0.25) is 0 Å². The monoisotopic (exact) mass is 1060 g/mol. The minimum absolute atomic E-state index is 0.267. The summed E-state index contributed by atoms with van der Waals surface area (Å²) in [4.78, 5) is 4.86. The summed E-state index contributed by atoms with van der Waals surface area (Å²) in [6.45, 7) is 9.78. The van der Waals surface area contributed by atoms with Crippen LogP contribution in [-0.4, -0.2) is 4.57 Å². The molecule has 0 radical (unpaired) electrons. The molecule has 0 amide bonds. The molecule has 0 saturated heterocycles. The third kappa shape index (κ3) is 7.11. The van der Waals surface area contributed by atoms with Crippen molar-refractivity contribution in [1.29, 1.82) is 0 Å². The molecular formula is C80H57N3. The van der Waals surface area contributed by atoms with E-state index in [4.69, 9.17) is 0 Å². The maximum atomic E-state index is 2.66. The lowest BCUT2D eigenvalue weighted by atomic mass is 9.68. The van der Waals surface area contributed by atoms with Crippen molar-refractivity contribution in [2.45, 2.75) is 38.5 Å². The Hall–Kier alpha value is -10.2. The fraction of sp³-hybridized carbons (Fsp3) is 0.0750. The number of aromatic nitrogens is 1. The van der Waals surface area contributed by atoms with Gasteiger partial charge in [0.25, 0.3) is 0 Å². The van der Waals surface area contributed by atoms with Crippen molar-refractivity contribution in [3.8, 4) is 27.9 Å². The van der Waals surface area contributed by atoms with Crippen molar-refractivity contribution in [2.75, 3.05) is 9.80 Å². The summed E-state index contributed by atoms with van der Waals surface area (Å²) in [5.41, 5.74) is 20.5. The fourth-order valence-corrected chi connectivity index (χ4v) is 14.5. The average molecular weight is 1060 g/mol. The predicted molar refractivity (Wildman–Crippen MR) is 353 cm³/mol. The first-order valence-corrected chi connectivity index (χ1v) is 29.1. The highest BCUT2D eigenvalue weighted by Gasteiger charge is 2.44. The molecule has 0 aliphatic carbocycles. The lowest BCUT2D eigenvalue weighted by molar-refractivity contribution is 0.594. The minimum atomic E-state index is -0.281. The molecule has 0 spiro atoms. The maximum Gasteiger partial charge on any atom is 0.0582 e. The number of anilines is 6. The Bertz CT molecular complexity index is 5070. The second-order valence-electron chi connectivity index (χ2n) is 24.1. The van der Waals surface area contributed by atoms with Gasteiger partial charge in [-0.05, 0) is 184 Å². The zero-order valence-corrected chi connectivity index (χ0v) is 46.8. The Labute approximate surface area is 483 Å². The number of hydrogen-bond donors (Lipinski definition) is 0. The molecule has 392 valence electrons. The van der Waals surface area contributed by atoms with E-state index in [2.05, 4.69) is 315 Å². The van der Waals surface area contributed by atoms with Gasteiger partial charge >= 0.3 is 0 Å². The van der Waals surface area contributed by atoms with E-state index in [1.54, 1.807) is 0 Å². The van der Waals surface area contributed by atoms with E-state index < -0.39 is 0 Å². The van der Waals surface area contributed by atoms with Crippen LogP contribution in [-0.2, 0) is 10.8 Å². The maximum absolute atomic E-state index is 2.66. The summed E-state index contributed by atoms with van der Waals surface area (Å²) in [6.07, 6.45) is 0. The summed E-state index contributed by atoms with van der Waals surface area (Å²) >= 11 is 0. The summed E-state index contributed by atoms with van der Waals surface area (Å²) < 4.78 is 2.66. The van der Waals surface area contributed by atoms with Crippen LogP contribution in [0.4, 0.5) is 34.1 Å². The molecule has 0 bridgehead atoms. The van der Waals surface area contributed by atoms with Gasteiger partial charge in [0, 0.05) is 55.4 Å². The van der Waals surface area contributed by atoms with Crippen LogP contribution in [0.25, 0.3) is 104 Å². The van der Waals surface area contributed by atoms with E-state index in [0.717, 1.165) is 34.1 Å². The molecule has 0 fully saturated rings. The lowest BCUT2D eigenvalue weighted by Crippen LogP contribution is -2.33. The number of fused-ring (bicyclic) bond motifs is 6. The number of para-hydroxylation sites is 1. The molecule has 0 atom stereocenters. The van der Waals surface area contributed by atoms with E-state index in [1.165, 1.54) is 126 Å². The van der Waals surface area contributed by atoms with Crippen LogP contribution in [0.1, 0.15) is 49.9 Å². The molecular weight excluding hydrogens is 1000 g/mol. The zero-order chi connectivity index (χ0) is 55.3. The smallest absolute Gasteiger partial charge is 0.0582 e. The molecule has 0 N–H and O–H groups in total. The second-order valence-corrected chi connectivity index (χ2v) is 24.1. The number of rotatable bonds is 8. The number of benzene rings is 14. The van der Waals surface area contributed by atoms with Gasteiger partial charge < -0.3 is 14.4 Å². The SMILES string of the molecule is CC1(C)c2cccc3c2-n2c4c1cc(-c1ccc(N(c5ccc6ccccc6c5)c5ccc6ccccc6c5)cc1)cc4c1cc(-c4ccc(N(c5ccc6ccccc6c5)c5ccc6ccccc6c5)c5ccccc45)cc(c12)C3(C)C.